The Bertz CT molecular complexity index is 633. The number of carbonyl (C=O) groups excluding carboxylic acids is 1. The number of hydrogen-bond acceptors (Lipinski definition) is 4. The summed E-state index contributed by atoms with van der Waals surface area (Å²) in [6.45, 7) is 6.74. The molecule has 0 unspecified atom stereocenters. The molecule has 0 fully saturated rings. The van der Waals surface area contributed by atoms with Gasteiger partial charge in [-0.1, -0.05) is 11.6 Å². The summed E-state index contributed by atoms with van der Waals surface area (Å²) >= 11 is 6.08. The lowest BCUT2D eigenvalue weighted by atomic mass is 10.2. The minimum Gasteiger partial charge on any atom is -0.444 e. The third-order valence-corrected chi connectivity index (χ3v) is 3.03. The molecule has 2 rings (SSSR count). The van der Waals surface area contributed by atoms with Gasteiger partial charge in [-0.2, -0.15) is 0 Å². The minimum absolute atomic E-state index is 0.402. The molecule has 0 aliphatic carbocycles. The van der Waals surface area contributed by atoms with Crippen molar-refractivity contribution in [3.05, 3.63) is 23.7 Å². The zero-order chi connectivity index (χ0) is 15.5. The van der Waals surface area contributed by atoms with Crippen molar-refractivity contribution >= 4 is 28.7 Å². The van der Waals surface area contributed by atoms with Crippen LogP contribution < -0.4 is 5.32 Å². The lowest BCUT2D eigenvalue weighted by Crippen LogP contribution is -2.33. The first kappa shape index (κ1) is 15.6. The van der Waals surface area contributed by atoms with Crippen molar-refractivity contribution in [2.45, 2.75) is 39.3 Å². The standard InChI is InChI=1S/C14H19ClN4O2/c1-14(2,3)21-13(20)16-6-4-7-19-8-5-10-11(19)12(15)18-9-17-10/h5,8-9H,4,6-7H2,1-3H3,(H,16,20). The van der Waals surface area contributed by atoms with E-state index < -0.39 is 11.7 Å². The van der Waals surface area contributed by atoms with Gasteiger partial charge in [0.05, 0.1) is 5.52 Å². The molecule has 0 aliphatic heterocycles. The monoisotopic (exact) mass is 310 g/mol. The van der Waals surface area contributed by atoms with E-state index in [1.165, 1.54) is 6.33 Å². The Morgan fingerprint density at radius 1 is 1.43 bits per heavy atom. The van der Waals surface area contributed by atoms with Crippen LogP contribution in [0.4, 0.5) is 4.79 Å². The summed E-state index contributed by atoms with van der Waals surface area (Å²) in [5.41, 5.74) is 1.15. The molecule has 2 aromatic heterocycles. The van der Waals surface area contributed by atoms with E-state index in [1.54, 1.807) is 0 Å². The fourth-order valence-electron chi connectivity index (χ4n) is 1.93. The molecule has 2 aromatic rings. The third-order valence-electron chi connectivity index (χ3n) is 2.75. The maximum Gasteiger partial charge on any atom is 0.407 e. The Morgan fingerprint density at radius 3 is 2.90 bits per heavy atom. The highest BCUT2D eigenvalue weighted by Gasteiger charge is 2.15. The zero-order valence-electron chi connectivity index (χ0n) is 12.4. The fourth-order valence-corrected chi connectivity index (χ4v) is 2.18. The lowest BCUT2D eigenvalue weighted by Gasteiger charge is -2.19. The topological polar surface area (TPSA) is 69.0 Å². The van der Waals surface area contributed by atoms with Crippen LogP contribution in [0.2, 0.25) is 5.15 Å². The van der Waals surface area contributed by atoms with Crippen LogP contribution in [0.15, 0.2) is 18.6 Å². The molecular weight excluding hydrogens is 292 g/mol. The second kappa shape index (κ2) is 6.30. The molecule has 0 saturated heterocycles. The number of amides is 1. The first-order valence-electron chi connectivity index (χ1n) is 6.79. The summed E-state index contributed by atoms with van der Waals surface area (Å²) in [7, 11) is 0. The average molecular weight is 311 g/mol. The van der Waals surface area contributed by atoms with Crippen molar-refractivity contribution in [3.63, 3.8) is 0 Å². The van der Waals surface area contributed by atoms with Crippen LogP contribution in [0, 0.1) is 0 Å². The number of carbonyl (C=O) groups is 1. The van der Waals surface area contributed by atoms with E-state index >= 15 is 0 Å². The van der Waals surface area contributed by atoms with Gasteiger partial charge < -0.3 is 14.6 Å². The number of nitrogens with one attached hydrogen (secondary N) is 1. The number of rotatable bonds is 4. The Balaban J connectivity index is 1.85. The largest absolute Gasteiger partial charge is 0.444 e. The van der Waals surface area contributed by atoms with E-state index in [0.717, 1.165) is 17.5 Å². The predicted octanol–water partition coefficient (Wildman–Crippen LogP) is 3.00. The number of halogens is 1. The first-order chi connectivity index (χ1) is 9.87. The second-order valence-electron chi connectivity index (χ2n) is 5.69. The van der Waals surface area contributed by atoms with Crippen molar-refractivity contribution in [2.24, 2.45) is 0 Å². The number of ether oxygens (including phenoxy) is 1. The number of alkyl carbamates (subject to hydrolysis) is 1. The lowest BCUT2D eigenvalue weighted by molar-refractivity contribution is 0.0527. The van der Waals surface area contributed by atoms with Crippen LogP contribution in [-0.2, 0) is 11.3 Å². The molecule has 0 bridgehead atoms. The van der Waals surface area contributed by atoms with Gasteiger partial charge in [0.15, 0.2) is 5.15 Å². The van der Waals surface area contributed by atoms with Gasteiger partial charge in [-0.25, -0.2) is 14.8 Å². The van der Waals surface area contributed by atoms with E-state index in [9.17, 15) is 4.79 Å². The summed E-state index contributed by atoms with van der Waals surface area (Å²) < 4.78 is 7.15. The van der Waals surface area contributed by atoms with Crippen LogP contribution in [0.5, 0.6) is 0 Å². The first-order valence-corrected chi connectivity index (χ1v) is 7.17. The van der Waals surface area contributed by atoms with Gasteiger partial charge in [0.1, 0.15) is 17.4 Å². The molecule has 114 valence electrons. The van der Waals surface area contributed by atoms with Gasteiger partial charge in [-0.05, 0) is 33.3 Å². The van der Waals surface area contributed by atoms with E-state index in [-0.39, 0.29) is 0 Å². The highest BCUT2D eigenvalue weighted by molar-refractivity contribution is 6.33. The number of fused-ring (bicyclic) bond motifs is 1. The van der Waals surface area contributed by atoms with Gasteiger partial charge in [-0.3, -0.25) is 0 Å². The summed E-state index contributed by atoms with van der Waals surface area (Å²) in [5.74, 6) is 0. The molecule has 0 saturated carbocycles. The Morgan fingerprint density at radius 2 is 2.19 bits per heavy atom. The Kier molecular flexibility index (Phi) is 4.67. The predicted molar refractivity (Wildman–Crippen MR) is 81.4 cm³/mol. The smallest absolute Gasteiger partial charge is 0.407 e. The molecule has 1 amide bonds. The molecular formula is C14H19ClN4O2. The molecule has 2 heterocycles. The minimum atomic E-state index is -0.481. The van der Waals surface area contributed by atoms with Crippen molar-refractivity contribution in [3.8, 4) is 0 Å². The Labute approximate surface area is 128 Å². The Hall–Kier alpha value is -1.82. The average Bonchev–Trinajstić information content (AvgIpc) is 2.77. The zero-order valence-corrected chi connectivity index (χ0v) is 13.1. The SMILES string of the molecule is CC(C)(C)OC(=O)NCCCn1ccc2ncnc(Cl)c21. The van der Waals surface area contributed by atoms with Gasteiger partial charge >= 0.3 is 6.09 Å². The summed E-state index contributed by atoms with van der Waals surface area (Å²) in [5, 5.41) is 3.16. The fraction of sp³-hybridized carbons (Fsp3) is 0.500. The molecule has 0 atom stereocenters. The molecule has 21 heavy (non-hydrogen) atoms. The number of aryl methyl sites for hydroxylation is 1. The van der Waals surface area contributed by atoms with Crippen LogP contribution in [0.1, 0.15) is 27.2 Å². The number of aromatic nitrogens is 3. The molecule has 7 heteroatoms. The van der Waals surface area contributed by atoms with Gasteiger partial charge in [0, 0.05) is 19.3 Å². The molecule has 0 radical (unpaired) electrons. The van der Waals surface area contributed by atoms with Gasteiger partial charge in [0.2, 0.25) is 0 Å². The molecule has 6 nitrogen and oxygen atoms in total. The van der Waals surface area contributed by atoms with Crippen LogP contribution in [0.25, 0.3) is 11.0 Å². The molecule has 0 aliphatic rings. The quantitative estimate of drug-likeness (QED) is 0.696. The third kappa shape index (κ3) is 4.32. The van der Waals surface area contributed by atoms with Crippen molar-refractivity contribution in [1.29, 1.82) is 0 Å². The number of nitrogens with zero attached hydrogens (tertiary/aromatic N) is 3. The summed E-state index contributed by atoms with van der Waals surface area (Å²) in [6, 6.07) is 1.89. The van der Waals surface area contributed by atoms with Crippen LogP contribution in [0.3, 0.4) is 0 Å². The van der Waals surface area contributed by atoms with Gasteiger partial charge in [0.25, 0.3) is 0 Å². The maximum absolute atomic E-state index is 11.5. The van der Waals surface area contributed by atoms with Crippen LogP contribution >= 0.6 is 11.6 Å². The van der Waals surface area contributed by atoms with E-state index in [1.807, 2.05) is 37.6 Å². The normalized spacial score (nSPS) is 11.6. The van der Waals surface area contributed by atoms with E-state index in [4.69, 9.17) is 16.3 Å². The maximum atomic E-state index is 11.5. The van der Waals surface area contributed by atoms with Crippen molar-refractivity contribution in [2.75, 3.05) is 6.54 Å². The van der Waals surface area contributed by atoms with Crippen molar-refractivity contribution in [1.82, 2.24) is 19.9 Å². The second-order valence-corrected chi connectivity index (χ2v) is 6.05. The van der Waals surface area contributed by atoms with Crippen LogP contribution in [-0.4, -0.2) is 32.8 Å². The van der Waals surface area contributed by atoms with E-state index in [0.29, 0.717) is 18.2 Å². The van der Waals surface area contributed by atoms with E-state index in [2.05, 4.69) is 15.3 Å². The highest BCUT2D eigenvalue weighted by Crippen LogP contribution is 2.20. The molecule has 1 N–H and O–H groups in total. The van der Waals surface area contributed by atoms with Crippen molar-refractivity contribution < 1.29 is 9.53 Å². The van der Waals surface area contributed by atoms with Gasteiger partial charge in [-0.15, -0.1) is 0 Å². The number of hydrogen-bond donors (Lipinski definition) is 1. The molecule has 0 spiro atoms. The summed E-state index contributed by atoms with van der Waals surface area (Å²) in [6.07, 6.45) is 3.72. The highest BCUT2D eigenvalue weighted by atomic mass is 35.5. The molecule has 0 aromatic carbocycles. The summed E-state index contributed by atoms with van der Waals surface area (Å²) in [4.78, 5) is 19.6.